The van der Waals surface area contributed by atoms with Gasteiger partial charge >= 0.3 is 0 Å². The summed E-state index contributed by atoms with van der Waals surface area (Å²) in [6.45, 7) is 2.88. The summed E-state index contributed by atoms with van der Waals surface area (Å²) in [6.07, 6.45) is 5.14. The van der Waals surface area contributed by atoms with E-state index in [1.165, 1.54) is 10.9 Å². The molecule has 2 aromatic heterocycles. The molecule has 0 spiro atoms. The Morgan fingerprint density at radius 3 is 2.85 bits per heavy atom. The van der Waals surface area contributed by atoms with Crippen molar-refractivity contribution in [3.05, 3.63) is 66.1 Å². The maximum atomic E-state index is 6.05. The van der Waals surface area contributed by atoms with E-state index in [0.29, 0.717) is 0 Å². The van der Waals surface area contributed by atoms with Crippen molar-refractivity contribution in [1.82, 2.24) is 9.55 Å². The zero-order valence-corrected chi connectivity index (χ0v) is 11.7. The highest BCUT2D eigenvalue weighted by molar-refractivity contribution is 5.78. The highest BCUT2D eigenvalue weighted by Gasteiger charge is 2.05. The number of benzene rings is 1. The Balaban J connectivity index is 1.83. The number of rotatable bonds is 4. The van der Waals surface area contributed by atoms with Crippen molar-refractivity contribution in [2.75, 3.05) is 0 Å². The maximum absolute atomic E-state index is 6.05. The van der Waals surface area contributed by atoms with E-state index in [4.69, 9.17) is 10.7 Å². The minimum absolute atomic E-state index is 0.126. The number of hydrogen-bond acceptors (Lipinski definition) is 2. The van der Waals surface area contributed by atoms with Crippen LogP contribution in [0.25, 0.3) is 10.9 Å². The van der Waals surface area contributed by atoms with Crippen LogP contribution in [0.4, 0.5) is 0 Å². The molecule has 0 fully saturated rings. The van der Waals surface area contributed by atoms with Crippen molar-refractivity contribution < 1.29 is 0 Å². The molecule has 1 aromatic carbocycles. The lowest BCUT2D eigenvalue weighted by molar-refractivity contribution is 0.691. The first-order valence-corrected chi connectivity index (χ1v) is 7.02. The first-order chi connectivity index (χ1) is 9.76. The van der Waals surface area contributed by atoms with Gasteiger partial charge in [0.25, 0.3) is 0 Å². The summed E-state index contributed by atoms with van der Waals surface area (Å²) < 4.78 is 2.14. The van der Waals surface area contributed by atoms with Crippen LogP contribution in [0, 0.1) is 0 Å². The second kappa shape index (κ2) is 5.47. The molecule has 2 heterocycles. The number of nitrogens with two attached hydrogens (primary N) is 1. The van der Waals surface area contributed by atoms with Crippen LogP contribution in [0.3, 0.4) is 0 Å². The number of nitrogens with zero attached hydrogens (tertiary/aromatic N) is 2. The molecule has 102 valence electrons. The maximum Gasteiger partial charge on any atom is 0.0706 e. The number of hydrogen-bond donors (Lipinski definition) is 1. The highest BCUT2D eigenvalue weighted by Crippen LogP contribution is 2.16. The van der Waals surface area contributed by atoms with Crippen molar-refractivity contribution in [3.63, 3.8) is 0 Å². The van der Waals surface area contributed by atoms with Crippen LogP contribution in [-0.4, -0.2) is 9.55 Å². The third-order valence-electron chi connectivity index (χ3n) is 3.64. The Bertz CT molecular complexity index is 715. The zero-order valence-electron chi connectivity index (χ0n) is 11.7. The fourth-order valence-corrected chi connectivity index (χ4v) is 2.40. The molecule has 2 N–H and O–H groups in total. The second-order valence-corrected chi connectivity index (χ2v) is 5.13. The van der Waals surface area contributed by atoms with Gasteiger partial charge < -0.3 is 10.3 Å². The van der Waals surface area contributed by atoms with Crippen molar-refractivity contribution in [3.8, 4) is 0 Å². The first-order valence-electron chi connectivity index (χ1n) is 7.02. The number of aromatic nitrogens is 2. The largest absolute Gasteiger partial charge is 0.348 e. The van der Waals surface area contributed by atoms with Crippen LogP contribution in [0.2, 0.25) is 0 Å². The molecule has 20 heavy (non-hydrogen) atoms. The van der Waals surface area contributed by atoms with Crippen LogP contribution < -0.4 is 5.73 Å². The molecule has 1 atom stereocenters. The molecule has 3 heteroatoms. The lowest BCUT2D eigenvalue weighted by Crippen LogP contribution is -2.07. The molecule has 0 amide bonds. The smallest absolute Gasteiger partial charge is 0.0706 e. The van der Waals surface area contributed by atoms with Crippen molar-refractivity contribution in [1.29, 1.82) is 0 Å². The van der Waals surface area contributed by atoms with E-state index in [0.717, 1.165) is 24.2 Å². The van der Waals surface area contributed by atoms with E-state index in [-0.39, 0.29) is 6.04 Å². The third-order valence-corrected chi connectivity index (χ3v) is 3.64. The Morgan fingerprint density at radius 2 is 2.00 bits per heavy atom. The van der Waals surface area contributed by atoms with Crippen LogP contribution in [0.5, 0.6) is 0 Å². The lowest BCUT2D eigenvalue weighted by atomic mass is 10.1. The zero-order chi connectivity index (χ0) is 13.9. The molecule has 0 radical (unpaired) electrons. The molecule has 1 unspecified atom stereocenters. The summed E-state index contributed by atoms with van der Waals surface area (Å²) in [5, 5.41) is 1.18. The van der Waals surface area contributed by atoms with E-state index >= 15 is 0 Å². The van der Waals surface area contributed by atoms with E-state index in [9.17, 15) is 0 Å². The quantitative estimate of drug-likeness (QED) is 0.784. The summed E-state index contributed by atoms with van der Waals surface area (Å²) >= 11 is 0. The lowest BCUT2D eigenvalue weighted by Gasteiger charge is -2.06. The van der Waals surface area contributed by atoms with Crippen molar-refractivity contribution in [2.45, 2.75) is 25.9 Å². The van der Waals surface area contributed by atoms with Gasteiger partial charge in [-0.2, -0.15) is 0 Å². The summed E-state index contributed by atoms with van der Waals surface area (Å²) in [7, 11) is 0. The molecule has 0 saturated carbocycles. The first kappa shape index (κ1) is 12.9. The minimum atomic E-state index is 0.126. The second-order valence-electron chi connectivity index (χ2n) is 5.13. The summed E-state index contributed by atoms with van der Waals surface area (Å²) in [5.74, 6) is 0. The van der Waals surface area contributed by atoms with Gasteiger partial charge in [-0.1, -0.05) is 31.2 Å². The van der Waals surface area contributed by atoms with Crippen LogP contribution in [0.1, 0.15) is 30.6 Å². The fraction of sp³-hybridized carbons (Fsp3) is 0.235. The summed E-state index contributed by atoms with van der Waals surface area (Å²) in [4.78, 5) is 4.69. The number of pyridine rings is 1. The van der Waals surface area contributed by atoms with Gasteiger partial charge in [0.1, 0.15) is 0 Å². The summed E-state index contributed by atoms with van der Waals surface area (Å²) in [6, 6.07) is 14.6. The molecular formula is C17H19N3. The Kier molecular flexibility index (Phi) is 3.52. The van der Waals surface area contributed by atoms with Gasteiger partial charge in [0.05, 0.1) is 17.8 Å². The Hall–Kier alpha value is -2.13. The van der Waals surface area contributed by atoms with Gasteiger partial charge in [-0.05, 0) is 30.2 Å². The van der Waals surface area contributed by atoms with Crippen LogP contribution in [0.15, 0.2) is 54.9 Å². The topological polar surface area (TPSA) is 43.8 Å². The molecule has 3 aromatic rings. The van der Waals surface area contributed by atoms with E-state index in [1.54, 1.807) is 0 Å². The molecular weight excluding hydrogens is 246 g/mol. The van der Waals surface area contributed by atoms with Gasteiger partial charge in [-0.25, -0.2) is 0 Å². The average molecular weight is 265 g/mol. The molecule has 3 nitrogen and oxygen atoms in total. The van der Waals surface area contributed by atoms with E-state index in [1.807, 2.05) is 18.2 Å². The van der Waals surface area contributed by atoms with Gasteiger partial charge in [-0.15, -0.1) is 0 Å². The average Bonchev–Trinajstić information content (AvgIpc) is 2.95. The van der Waals surface area contributed by atoms with Crippen LogP contribution >= 0.6 is 0 Å². The molecule has 0 aliphatic heterocycles. The molecule has 3 rings (SSSR count). The monoisotopic (exact) mass is 265 g/mol. The molecule has 0 aliphatic carbocycles. The molecule has 0 saturated heterocycles. The fourth-order valence-electron chi connectivity index (χ4n) is 2.40. The number of fused-ring (bicyclic) bond motifs is 1. The number of para-hydroxylation sites is 1. The van der Waals surface area contributed by atoms with Gasteiger partial charge in [-0.3, -0.25) is 4.98 Å². The van der Waals surface area contributed by atoms with Gasteiger partial charge in [0.15, 0.2) is 0 Å². The predicted molar refractivity (Wildman–Crippen MR) is 82.5 cm³/mol. The van der Waals surface area contributed by atoms with Gasteiger partial charge in [0, 0.05) is 23.8 Å². The standard InChI is InChI=1S/C17H19N3/c1-2-16(18)14-9-10-20(11-14)12-15-8-7-13-5-3-4-6-17(13)19-15/h3-11,16H,2,12,18H2,1H3. The normalized spacial score (nSPS) is 12.7. The minimum Gasteiger partial charge on any atom is -0.348 e. The predicted octanol–water partition coefficient (Wildman–Crippen LogP) is 3.49. The van der Waals surface area contributed by atoms with Gasteiger partial charge in [0.2, 0.25) is 0 Å². The Morgan fingerprint density at radius 1 is 1.15 bits per heavy atom. The van der Waals surface area contributed by atoms with Crippen molar-refractivity contribution in [2.24, 2.45) is 5.73 Å². The Labute approximate surface area is 119 Å². The molecule has 0 bridgehead atoms. The van der Waals surface area contributed by atoms with E-state index < -0.39 is 0 Å². The SMILES string of the molecule is CCC(N)c1ccn(Cc2ccc3ccccc3n2)c1. The highest BCUT2D eigenvalue weighted by atomic mass is 15.0. The van der Waals surface area contributed by atoms with Crippen LogP contribution in [-0.2, 0) is 6.54 Å². The summed E-state index contributed by atoms with van der Waals surface area (Å²) in [5.41, 5.74) is 9.34. The third kappa shape index (κ3) is 2.58. The van der Waals surface area contributed by atoms with Crippen molar-refractivity contribution >= 4 is 10.9 Å². The van der Waals surface area contributed by atoms with E-state index in [2.05, 4.69) is 48.1 Å². The molecule has 0 aliphatic rings.